The van der Waals surface area contributed by atoms with Crippen LogP contribution in [0.15, 0.2) is 53.4 Å². The molecule has 0 aliphatic rings. The van der Waals surface area contributed by atoms with Crippen LogP contribution in [0.2, 0.25) is 0 Å². The molecular formula is C19H25ClFN3O3S. The van der Waals surface area contributed by atoms with Gasteiger partial charge in [-0.1, -0.05) is 13.8 Å². The van der Waals surface area contributed by atoms with Crippen molar-refractivity contribution in [3.05, 3.63) is 59.9 Å². The minimum atomic E-state index is -3.84. The average Bonchev–Trinajstić information content (AvgIpc) is 2.66. The number of carbonyl (C=O) groups is 1. The highest BCUT2D eigenvalue weighted by Crippen LogP contribution is 2.18. The standard InChI is InChI=1S/C19H24FN3O3S.ClH/c1-3-19(4-2,13-21)22-18(24)14-5-9-16(10-6-14)23-27(25,26)17-11-7-15(20)8-12-17;/h5-12,23H,3-4,13,21H2,1-2H3,(H,22,24);1H. The van der Waals surface area contributed by atoms with E-state index in [4.69, 9.17) is 5.73 Å². The average molecular weight is 430 g/mol. The van der Waals surface area contributed by atoms with Crippen molar-refractivity contribution in [3.8, 4) is 0 Å². The smallest absolute Gasteiger partial charge is 0.261 e. The number of sulfonamides is 1. The van der Waals surface area contributed by atoms with Crippen LogP contribution in [0.1, 0.15) is 37.0 Å². The van der Waals surface area contributed by atoms with Gasteiger partial charge in [0.1, 0.15) is 5.82 Å². The zero-order valence-corrected chi connectivity index (χ0v) is 17.4. The Morgan fingerprint density at radius 2 is 1.57 bits per heavy atom. The van der Waals surface area contributed by atoms with E-state index in [1.54, 1.807) is 0 Å². The summed E-state index contributed by atoms with van der Waals surface area (Å²) < 4.78 is 40.0. The fourth-order valence-corrected chi connectivity index (χ4v) is 3.66. The Kier molecular flexibility index (Phi) is 8.41. The molecule has 9 heteroatoms. The molecular weight excluding hydrogens is 405 g/mol. The first-order valence-corrected chi connectivity index (χ1v) is 10.1. The predicted molar refractivity (Wildman–Crippen MR) is 111 cm³/mol. The van der Waals surface area contributed by atoms with Crippen LogP contribution in [0.3, 0.4) is 0 Å². The maximum Gasteiger partial charge on any atom is 0.261 e. The molecule has 0 bridgehead atoms. The lowest BCUT2D eigenvalue weighted by molar-refractivity contribution is 0.0895. The number of carbonyl (C=O) groups excluding carboxylic acids is 1. The fraction of sp³-hybridized carbons (Fsp3) is 0.316. The lowest BCUT2D eigenvalue weighted by Crippen LogP contribution is -2.52. The van der Waals surface area contributed by atoms with E-state index >= 15 is 0 Å². The quantitative estimate of drug-likeness (QED) is 0.599. The third-order valence-corrected chi connectivity index (χ3v) is 6.04. The summed E-state index contributed by atoms with van der Waals surface area (Å²) in [5.74, 6) is -0.783. The highest BCUT2D eigenvalue weighted by Gasteiger charge is 2.26. The van der Waals surface area contributed by atoms with E-state index < -0.39 is 21.4 Å². The molecule has 2 aromatic rings. The highest BCUT2D eigenvalue weighted by molar-refractivity contribution is 7.92. The molecule has 0 unspecified atom stereocenters. The van der Waals surface area contributed by atoms with Gasteiger partial charge in [0.2, 0.25) is 0 Å². The van der Waals surface area contributed by atoms with E-state index in [1.807, 2.05) is 13.8 Å². The van der Waals surface area contributed by atoms with Gasteiger partial charge in [0.05, 0.1) is 10.4 Å². The van der Waals surface area contributed by atoms with E-state index in [0.29, 0.717) is 30.6 Å². The number of rotatable bonds is 8. The molecule has 0 radical (unpaired) electrons. The lowest BCUT2D eigenvalue weighted by atomic mass is 9.92. The molecule has 4 N–H and O–H groups in total. The van der Waals surface area contributed by atoms with E-state index in [-0.39, 0.29) is 23.2 Å². The summed E-state index contributed by atoms with van der Waals surface area (Å²) in [6.45, 7) is 4.26. The van der Waals surface area contributed by atoms with Crippen molar-refractivity contribution in [1.82, 2.24) is 5.32 Å². The first-order valence-electron chi connectivity index (χ1n) is 8.66. The zero-order valence-electron chi connectivity index (χ0n) is 15.7. The van der Waals surface area contributed by atoms with Gasteiger partial charge in [0.25, 0.3) is 15.9 Å². The van der Waals surface area contributed by atoms with Crippen LogP contribution in [0.25, 0.3) is 0 Å². The molecule has 0 aliphatic carbocycles. The van der Waals surface area contributed by atoms with Crippen molar-refractivity contribution in [2.45, 2.75) is 37.1 Å². The van der Waals surface area contributed by atoms with E-state index in [9.17, 15) is 17.6 Å². The van der Waals surface area contributed by atoms with Crippen LogP contribution in [-0.4, -0.2) is 26.4 Å². The molecule has 2 rings (SSSR count). The topological polar surface area (TPSA) is 101 Å². The summed E-state index contributed by atoms with van der Waals surface area (Å²) >= 11 is 0. The Hall–Kier alpha value is -2.16. The van der Waals surface area contributed by atoms with Gasteiger partial charge in [-0.15, -0.1) is 12.4 Å². The van der Waals surface area contributed by atoms with Crippen LogP contribution in [0.4, 0.5) is 10.1 Å². The van der Waals surface area contributed by atoms with Crippen molar-refractivity contribution in [3.63, 3.8) is 0 Å². The van der Waals surface area contributed by atoms with Crippen LogP contribution in [0, 0.1) is 5.82 Å². The first kappa shape index (κ1) is 23.9. The van der Waals surface area contributed by atoms with Gasteiger partial charge >= 0.3 is 0 Å². The number of anilines is 1. The Morgan fingerprint density at radius 1 is 1.04 bits per heavy atom. The number of nitrogens with two attached hydrogens (primary N) is 1. The van der Waals surface area contributed by atoms with Crippen LogP contribution < -0.4 is 15.8 Å². The Bertz CT molecular complexity index is 875. The van der Waals surface area contributed by atoms with Crippen molar-refractivity contribution < 1.29 is 17.6 Å². The molecule has 0 spiro atoms. The minimum Gasteiger partial charge on any atom is -0.345 e. The molecule has 2 aromatic carbocycles. The number of nitrogens with one attached hydrogen (secondary N) is 2. The summed E-state index contributed by atoms with van der Waals surface area (Å²) in [5, 5.41) is 2.96. The molecule has 0 aliphatic heterocycles. The van der Waals surface area contributed by atoms with Gasteiger partial charge in [-0.2, -0.15) is 0 Å². The Labute approximate surface area is 171 Å². The summed E-state index contributed by atoms with van der Waals surface area (Å²) in [5.41, 5.74) is 6.04. The number of benzene rings is 2. The van der Waals surface area contributed by atoms with E-state index in [1.165, 1.54) is 36.4 Å². The zero-order chi connectivity index (χ0) is 20.1. The molecule has 0 atom stereocenters. The van der Waals surface area contributed by atoms with Gasteiger partial charge in [0.15, 0.2) is 0 Å². The molecule has 0 heterocycles. The van der Waals surface area contributed by atoms with Gasteiger partial charge in [-0.3, -0.25) is 9.52 Å². The fourth-order valence-electron chi connectivity index (χ4n) is 2.60. The van der Waals surface area contributed by atoms with Crippen molar-refractivity contribution in [1.29, 1.82) is 0 Å². The first-order chi connectivity index (χ1) is 12.7. The van der Waals surface area contributed by atoms with E-state index in [0.717, 1.165) is 12.1 Å². The summed E-state index contributed by atoms with van der Waals surface area (Å²) in [6.07, 6.45) is 1.42. The lowest BCUT2D eigenvalue weighted by Gasteiger charge is -2.31. The monoisotopic (exact) mass is 429 g/mol. The number of amides is 1. The van der Waals surface area contributed by atoms with Crippen molar-refractivity contribution in [2.75, 3.05) is 11.3 Å². The van der Waals surface area contributed by atoms with Crippen LogP contribution in [-0.2, 0) is 10.0 Å². The molecule has 0 saturated heterocycles. The Morgan fingerprint density at radius 3 is 2.04 bits per heavy atom. The molecule has 0 fully saturated rings. The molecule has 0 saturated carbocycles. The second kappa shape index (κ2) is 9.86. The number of halogens is 2. The highest BCUT2D eigenvalue weighted by atomic mass is 35.5. The third-order valence-electron chi connectivity index (χ3n) is 4.65. The van der Waals surface area contributed by atoms with Gasteiger partial charge in [-0.05, 0) is 61.4 Å². The van der Waals surface area contributed by atoms with Gasteiger partial charge < -0.3 is 11.1 Å². The summed E-state index contributed by atoms with van der Waals surface area (Å²) in [6, 6.07) is 10.6. The second-order valence-electron chi connectivity index (χ2n) is 6.28. The van der Waals surface area contributed by atoms with Crippen molar-refractivity contribution in [2.24, 2.45) is 5.73 Å². The van der Waals surface area contributed by atoms with Gasteiger partial charge in [0, 0.05) is 17.8 Å². The normalized spacial score (nSPS) is 11.4. The summed E-state index contributed by atoms with van der Waals surface area (Å²) in [7, 11) is -3.84. The maximum absolute atomic E-state index is 13.0. The number of hydrogen-bond donors (Lipinski definition) is 3. The minimum absolute atomic E-state index is 0. The molecule has 6 nitrogen and oxygen atoms in total. The van der Waals surface area contributed by atoms with Crippen LogP contribution in [0.5, 0.6) is 0 Å². The third kappa shape index (κ3) is 5.67. The molecule has 28 heavy (non-hydrogen) atoms. The second-order valence-corrected chi connectivity index (χ2v) is 7.96. The van der Waals surface area contributed by atoms with E-state index in [2.05, 4.69) is 10.0 Å². The largest absolute Gasteiger partial charge is 0.345 e. The SMILES string of the molecule is CCC(CC)(CN)NC(=O)c1ccc(NS(=O)(=O)c2ccc(F)cc2)cc1.Cl. The molecule has 0 aromatic heterocycles. The van der Waals surface area contributed by atoms with Gasteiger partial charge in [-0.25, -0.2) is 12.8 Å². The maximum atomic E-state index is 13.0. The predicted octanol–water partition coefficient (Wildman–Crippen LogP) is 3.30. The molecule has 1 amide bonds. The van der Waals surface area contributed by atoms with Crippen LogP contribution >= 0.6 is 12.4 Å². The Balaban J connectivity index is 0.00000392. The summed E-state index contributed by atoms with van der Waals surface area (Å²) in [4.78, 5) is 12.4. The number of hydrogen-bond acceptors (Lipinski definition) is 4. The molecule has 154 valence electrons. The van der Waals surface area contributed by atoms with Crippen molar-refractivity contribution >= 4 is 34.0 Å².